The van der Waals surface area contributed by atoms with E-state index in [0.717, 1.165) is 0 Å². The predicted molar refractivity (Wildman–Crippen MR) is 85.1 cm³/mol. The van der Waals surface area contributed by atoms with Crippen molar-refractivity contribution in [3.63, 3.8) is 0 Å². The number of methoxy groups -OCH3 is 4. The quantitative estimate of drug-likeness (QED) is 0.395. The zero-order valence-electron chi connectivity index (χ0n) is 15.0. The standard InChI is InChI=1S/C18H22O8/c1-23-15(19)11-7-5-6-8(12(11)16(20)24-2)10-9(7)13(17(21)25-3)14(10)18(22)26-4/h5-14H,1-4H3. The van der Waals surface area contributed by atoms with E-state index in [1.807, 2.05) is 12.2 Å². The van der Waals surface area contributed by atoms with E-state index >= 15 is 0 Å². The van der Waals surface area contributed by atoms with Gasteiger partial charge in [0.15, 0.2) is 0 Å². The van der Waals surface area contributed by atoms with Gasteiger partial charge < -0.3 is 18.9 Å². The number of allylic oxidation sites excluding steroid dienone is 2. The lowest BCUT2D eigenvalue weighted by molar-refractivity contribution is -0.209. The predicted octanol–water partition coefficient (Wildman–Crippen LogP) is 0.205. The minimum Gasteiger partial charge on any atom is -0.469 e. The molecule has 8 nitrogen and oxygen atoms in total. The van der Waals surface area contributed by atoms with Crippen molar-refractivity contribution < 1.29 is 38.1 Å². The normalized spacial score (nSPS) is 39.2. The minimum absolute atomic E-state index is 0.286. The number of fused-ring (bicyclic) bond motifs is 1. The molecule has 0 aromatic heterocycles. The minimum atomic E-state index is -0.755. The van der Waals surface area contributed by atoms with Gasteiger partial charge in [0, 0.05) is 0 Å². The van der Waals surface area contributed by atoms with Gasteiger partial charge in [-0.25, -0.2) is 0 Å². The van der Waals surface area contributed by atoms with Gasteiger partial charge in [0.05, 0.1) is 52.1 Å². The molecule has 0 aromatic rings. The molecule has 0 aromatic carbocycles. The molecular formula is C18H22O8. The van der Waals surface area contributed by atoms with E-state index in [1.54, 1.807) is 0 Å². The van der Waals surface area contributed by atoms with Gasteiger partial charge in [-0.1, -0.05) is 12.2 Å². The van der Waals surface area contributed by atoms with Crippen LogP contribution in [0.4, 0.5) is 0 Å². The second-order valence-corrected chi connectivity index (χ2v) is 6.89. The van der Waals surface area contributed by atoms with Gasteiger partial charge >= 0.3 is 23.9 Å². The fraction of sp³-hybridized carbons (Fsp3) is 0.667. The molecule has 2 bridgehead atoms. The average molecular weight is 366 g/mol. The van der Waals surface area contributed by atoms with Crippen LogP contribution in [0, 0.1) is 47.3 Å². The molecule has 0 radical (unpaired) electrons. The molecule has 8 atom stereocenters. The number of hydrogen-bond acceptors (Lipinski definition) is 8. The number of ether oxygens (including phenoxy) is 4. The van der Waals surface area contributed by atoms with Gasteiger partial charge in [-0.3, -0.25) is 19.2 Å². The molecule has 142 valence electrons. The lowest BCUT2D eigenvalue weighted by atomic mass is 9.39. The van der Waals surface area contributed by atoms with Crippen molar-refractivity contribution in [3.05, 3.63) is 12.2 Å². The van der Waals surface area contributed by atoms with Crippen LogP contribution >= 0.6 is 0 Å². The van der Waals surface area contributed by atoms with Crippen LogP contribution in [0.2, 0.25) is 0 Å². The van der Waals surface area contributed by atoms with E-state index in [2.05, 4.69) is 0 Å². The van der Waals surface area contributed by atoms with Crippen molar-refractivity contribution in [1.29, 1.82) is 0 Å². The first kappa shape index (κ1) is 18.4. The van der Waals surface area contributed by atoms with Crippen molar-refractivity contribution in [2.24, 2.45) is 47.3 Å². The van der Waals surface area contributed by atoms with Crippen molar-refractivity contribution in [1.82, 2.24) is 0 Å². The number of carbonyl (C=O) groups is 4. The van der Waals surface area contributed by atoms with Crippen LogP contribution in [-0.2, 0) is 38.1 Å². The van der Waals surface area contributed by atoms with Gasteiger partial charge in [-0.15, -0.1) is 0 Å². The average Bonchev–Trinajstić information content (AvgIpc) is 2.65. The molecule has 0 amide bonds. The van der Waals surface area contributed by atoms with Crippen molar-refractivity contribution >= 4 is 23.9 Å². The largest absolute Gasteiger partial charge is 0.469 e. The molecule has 0 N–H and O–H groups in total. The van der Waals surface area contributed by atoms with Gasteiger partial charge in [-0.2, -0.15) is 0 Å². The maximum Gasteiger partial charge on any atom is 0.310 e. The number of carbonyl (C=O) groups excluding carboxylic acids is 4. The van der Waals surface area contributed by atoms with E-state index in [-0.39, 0.29) is 11.8 Å². The Balaban J connectivity index is 2.05. The second kappa shape index (κ2) is 6.74. The smallest absolute Gasteiger partial charge is 0.310 e. The Kier molecular flexibility index (Phi) is 4.77. The van der Waals surface area contributed by atoms with Crippen molar-refractivity contribution in [3.8, 4) is 0 Å². The Morgan fingerprint density at radius 2 is 0.808 bits per heavy atom. The number of hydrogen-bond donors (Lipinski definition) is 0. The summed E-state index contributed by atoms with van der Waals surface area (Å²) in [4.78, 5) is 49.4. The molecule has 0 spiro atoms. The Morgan fingerprint density at radius 3 is 1.08 bits per heavy atom. The maximum absolute atomic E-state index is 12.4. The summed E-state index contributed by atoms with van der Waals surface area (Å²) in [5.41, 5.74) is 0. The summed E-state index contributed by atoms with van der Waals surface area (Å²) in [6.45, 7) is 0. The summed E-state index contributed by atoms with van der Waals surface area (Å²) in [5, 5.41) is 0. The molecule has 2 saturated carbocycles. The van der Waals surface area contributed by atoms with E-state index in [4.69, 9.17) is 18.9 Å². The molecule has 4 aliphatic carbocycles. The van der Waals surface area contributed by atoms with Crippen LogP contribution in [0.1, 0.15) is 0 Å². The zero-order valence-corrected chi connectivity index (χ0v) is 15.0. The van der Waals surface area contributed by atoms with E-state index in [1.165, 1.54) is 28.4 Å². The SMILES string of the molecule is COC(=O)C1C2C=CC(C1C(=O)OC)C1C(C(=O)OC)C(C(=O)OC)C21. The monoisotopic (exact) mass is 366 g/mol. The topological polar surface area (TPSA) is 105 Å². The Bertz CT molecular complexity index is 612. The summed E-state index contributed by atoms with van der Waals surface area (Å²) < 4.78 is 19.6. The van der Waals surface area contributed by atoms with Crippen molar-refractivity contribution in [2.45, 2.75) is 0 Å². The third-order valence-corrected chi connectivity index (χ3v) is 6.21. The molecule has 0 heterocycles. The molecule has 8 unspecified atom stereocenters. The second-order valence-electron chi connectivity index (χ2n) is 6.89. The summed E-state index contributed by atoms with van der Waals surface area (Å²) >= 11 is 0. The highest BCUT2D eigenvalue weighted by Crippen LogP contribution is 2.65. The molecule has 4 rings (SSSR count). The summed E-state index contributed by atoms with van der Waals surface area (Å²) in [7, 11) is 5.04. The molecular weight excluding hydrogens is 344 g/mol. The van der Waals surface area contributed by atoms with Crippen LogP contribution in [0.5, 0.6) is 0 Å². The molecule has 8 heteroatoms. The van der Waals surface area contributed by atoms with Gasteiger partial charge in [0.1, 0.15) is 0 Å². The van der Waals surface area contributed by atoms with Crippen LogP contribution in [-0.4, -0.2) is 52.3 Å². The van der Waals surface area contributed by atoms with Gasteiger partial charge in [0.2, 0.25) is 0 Å². The lowest BCUT2D eigenvalue weighted by Gasteiger charge is -2.62. The molecule has 0 aliphatic heterocycles. The highest BCUT2D eigenvalue weighted by molar-refractivity contribution is 5.88. The van der Waals surface area contributed by atoms with Gasteiger partial charge in [0.25, 0.3) is 0 Å². The third kappa shape index (κ3) is 2.34. The van der Waals surface area contributed by atoms with Crippen LogP contribution in [0.15, 0.2) is 12.2 Å². The van der Waals surface area contributed by atoms with Crippen LogP contribution < -0.4 is 0 Å². The number of esters is 4. The fourth-order valence-electron chi connectivity index (χ4n) is 5.27. The summed E-state index contributed by atoms with van der Waals surface area (Å²) in [5.74, 6) is -6.39. The summed E-state index contributed by atoms with van der Waals surface area (Å²) in [6, 6.07) is 0. The molecule has 26 heavy (non-hydrogen) atoms. The van der Waals surface area contributed by atoms with E-state index in [9.17, 15) is 19.2 Å². The van der Waals surface area contributed by atoms with Gasteiger partial charge in [-0.05, 0) is 23.7 Å². The van der Waals surface area contributed by atoms with E-state index in [0.29, 0.717) is 0 Å². The van der Waals surface area contributed by atoms with E-state index < -0.39 is 59.4 Å². The first-order valence-corrected chi connectivity index (χ1v) is 8.42. The Morgan fingerprint density at radius 1 is 0.538 bits per heavy atom. The fourth-order valence-corrected chi connectivity index (χ4v) is 5.27. The summed E-state index contributed by atoms with van der Waals surface area (Å²) in [6.07, 6.45) is 3.69. The Hall–Kier alpha value is -2.38. The van der Waals surface area contributed by atoms with Crippen molar-refractivity contribution in [2.75, 3.05) is 28.4 Å². The highest BCUT2D eigenvalue weighted by Gasteiger charge is 2.70. The highest BCUT2D eigenvalue weighted by atomic mass is 16.5. The zero-order chi connectivity index (χ0) is 19.2. The molecule has 4 aliphatic rings. The lowest BCUT2D eigenvalue weighted by Crippen LogP contribution is -2.67. The third-order valence-electron chi connectivity index (χ3n) is 6.21. The first-order valence-electron chi connectivity index (χ1n) is 8.42. The number of rotatable bonds is 4. The molecule has 0 saturated heterocycles. The Labute approximate surface area is 150 Å². The molecule has 2 fully saturated rings. The first-order chi connectivity index (χ1) is 12.4. The maximum atomic E-state index is 12.4. The van der Waals surface area contributed by atoms with Crippen LogP contribution in [0.3, 0.4) is 0 Å². The van der Waals surface area contributed by atoms with Crippen LogP contribution in [0.25, 0.3) is 0 Å².